The van der Waals surface area contributed by atoms with Gasteiger partial charge in [0.15, 0.2) is 5.96 Å². The molecule has 120 valence electrons. The van der Waals surface area contributed by atoms with Crippen molar-refractivity contribution in [1.82, 2.24) is 15.5 Å². The molecule has 1 aliphatic rings. The lowest BCUT2D eigenvalue weighted by Crippen LogP contribution is -2.45. The minimum atomic E-state index is 0. The molecule has 0 aliphatic heterocycles. The van der Waals surface area contributed by atoms with Gasteiger partial charge >= 0.3 is 0 Å². The molecule has 2 N–H and O–H groups in total. The summed E-state index contributed by atoms with van der Waals surface area (Å²) in [5.74, 6) is 0.930. The van der Waals surface area contributed by atoms with Crippen LogP contribution in [-0.2, 0) is 0 Å². The molecule has 0 aromatic carbocycles. The van der Waals surface area contributed by atoms with E-state index < -0.39 is 0 Å². The largest absolute Gasteiger partial charge is 0.354 e. The van der Waals surface area contributed by atoms with Gasteiger partial charge in [0.05, 0.1) is 6.04 Å². The van der Waals surface area contributed by atoms with Crippen molar-refractivity contribution < 1.29 is 0 Å². The number of guanidine groups is 1. The third-order valence-corrected chi connectivity index (χ3v) is 4.64. The molecule has 0 radical (unpaired) electrons. The molecule has 0 amide bonds. The topological polar surface area (TPSA) is 39.7 Å². The van der Waals surface area contributed by atoms with E-state index in [-0.39, 0.29) is 24.0 Å². The molecule has 1 aromatic heterocycles. The Morgan fingerprint density at radius 1 is 1.43 bits per heavy atom. The number of hydrogen-bond donors (Lipinski definition) is 2. The highest BCUT2D eigenvalue weighted by molar-refractivity contribution is 14.0. The summed E-state index contributed by atoms with van der Waals surface area (Å²) in [6, 6.07) is 3.17. The fourth-order valence-electron chi connectivity index (χ4n) is 2.71. The second-order valence-electron chi connectivity index (χ2n) is 5.61. The van der Waals surface area contributed by atoms with Gasteiger partial charge in [-0.1, -0.05) is 12.8 Å². The van der Waals surface area contributed by atoms with Gasteiger partial charge in [-0.25, -0.2) is 0 Å². The lowest BCUT2D eigenvalue weighted by molar-refractivity contribution is 0.298. The van der Waals surface area contributed by atoms with Crippen LogP contribution < -0.4 is 10.6 Å². The van der Waals surface area contributed by atoms with Gasteiger partial charge < -0.3 is 15.5 Å². The Kier molecular flexibility index (Phi) is 8.58. The summed E-state index contributed by atoms with van der Waals surface area (Å²) in [5.41, 5.74) is 1.36. The van der Waals surface area contributed by atoms with Crippen LogP contribution in [0.1, 0.15) is 37.3 Å². The van der Waals surface area contributed by atoms with Gasteiger partial charge in [-0.2, -0.15) is 11.3 Å². The molecule has 1 atom stereocenters. The van der Waals surface area contributed by atoms with Crippen LogP contribution in [0.25, 0.3) is 0 Å². The molecule has 4 nitrogen and oxygen atoms in total. The fourth-order valence-corrected chi connectivity index (χ4v) is 3.42. The predicted molar refractivity (Wildman–Crippen MR) is 103 cm³/mol. The molecule has 1 aliphatic carbocycles. The zero-order valence-corrected chi connectivity index (χ0v) is 16.3. The second-order valence-corrected chi connectivity index (χ2v) is 6.39. The SMILES string of the molecule is CN=C(NCC(c1ccsc1)N(C)C)NC1CCCC1.I. The Bertz CT molecular complexity index is 413. The number of likely N-dealkylation sites (N-methyl/N-ethyl adjacent to an activating group) is 1. The van der Waals surface area contributed by atoms with Gasteiger partial charge in [0.1, 0.15) is 0 Å². The molecule has 6 heteroatoms. The van der Waals surface area contributed by atoms with Crippen molar-refractivity contribution in [2.75, 3.05) is 27.7 Å². The van der Waals surface area contributed by atoms with Crippen LogP contribution in [0.2, 0.25) is 0 Å². The molecular weight excluding hydrogens is 395 g/mol. The number of aliphatic imine (C=N–C) groups is 1. The van der Waals surface area contributed by atoms with Crippen LogP contribution in [0, 0.1) is 0 Å². The fraction of sp³-hybridized carbons (Fsp3) is 0.667. The smallest absolute Gasteiger partial charge is 0.191 e. The van der Waals surface area contributed by atoms with Crippen LogP contribution in [0.5, 0.6) is 0 Å². The van der Waals surface area contributed by atoms with E-state index in [0.29, 0.717) is 12.1 Å². The third-order valence-electron chi connectivity index (χ3n) is 3.93. The Morgan fingerprint density at radius 3 is 2.67 bits per heavy atom. The third kappa shape index (κ3) is 5.75. The number of rotatable bonds is 5. The van der Waals surface area contributed by atoms with Crippen LogP contribution in [0.4, 0.5) is 0 Å². The average molecular weight is 422 g/mol. The molecule has 21 heavy (non-hydrogen) atoms. The van der Waals surface area contributed by atoms with Crippen LogP contribution >= 0.6 is 35.3 Å². The first kappa shape index (κ1) is 18.7. The van der Waals surface area contributed by atoms with Crippen LogP contribution in [-0.4, -0.2) is 44.6 Å². The van der Waals surface area contributed by atoms with Gasteiger partial charge in [-0.15, -0.1) is 24.0 Å². The number of nitrogens with zero attached hydrogens (tertiary/aromatic N) is 2. The van der Waals surface area contributed by atoms with Crippen molar-refractivity contribution in [3.8, 4) is 0 Å². The molecule has 1 heterocycles. The van der Waals surface area contributed by atoms with E-state index in [1.807, 2.05) is 7.05 Å². The molecule has 0 spiro atoms. The molecule has 1 aromatic rings. The van der Waals surface area contributed by atoms with Gasteiger partial charge in [0.2, 0.25) is 0 Å². The molecule has 1 fully saturated rings. The van der Waals surface area contributed by atoms with Crippen LogP contribution in [0.15, 0.2) is 21.8 Å². The van der Waals surface area contributed by atoms with E-state index in [1.54, 1.807) is 11.3 Å². The number of thiophene rings is 1. The highest BCUT2D eigenvalue weighted by atomic mass is 127. The molecule has 1 unspecified atom stereocenters. The first-order chi connectivity index (χ1) is 9.70. The van der Waals surface area contributed by atoms with Crippen molar-refractivity contribution in [3.05, 3.63) is 22.4 Å². The van der Waals surface area contributed by atoms with Gasteiger partial charge in [0.25, 0.3) is 0 Å². The monoisotopic (exact) mass is 422 g/mol. The molecule has 0 saturated heterocycles. The molecule has 2 rings (SSSR count). The van der Waals surface area contributed by atoms with Crippen molar-refractivity contribution in [1.29, 1.82) is 0 Å². The van der Waals surface area contributed by atoms with E-state index >= 15 is 0 Å². The van der Waals surface area contributed by atoms with Crippen molar-refractivity contribution in [3.63, 3.8) is 0 Å². The lowest BCUT2D eigenvalue weighted by atomic mass is 10.1. The van der Waals surface area contributed by atoms with E-state index in [0.717, 1.165) is 12.5 Å². The zero-order valence-electron chi connectivity index (χ0n) is 13.1. The highest BCUT2D eigenvalue weighted by Crippen LogP contribution is 2.20. The van der Waals surface area contributed by atoms with Crippen LogP contribution in [0.3, 0.4) is 0 Å². The van der Waals surface area contributed by atoms with Gasteiger partial charge in [0, 0.05) is 19.6 Å². The summed E-state index contributed by atoms with van der Waals surface area (Å²) in [6.07, 6.45) is 5.21. The Balaban J connectivity index is 0.00000220. The summed E-state index contributed by atoms with van der Waals surface area (Å²) >= 11 is 1.75. The first-order valence-electron chi connectivity index (χ1n) is 7.36. The Hall–Kier alpha value is -0.340. The highest BCUT2D eigenvalue weighted by Gasteiger charge is 2.18. The first-order valence-corrected chi connectivity index (χ1v) is 8.30. The second kappa shape index (κ2) is 9.63. The summed E-state index contributed by atoms with van der Waals surface area (Å²) in [6.45, 7) is 0.871. The summed E-state index contributed by atoms with van der Waals surface area (Å²) in [4.78, 5) is 6.59. The van der Waals surface area contributed by atoms with Gasteiger partial charge in [-0.05, 0) is 49.3 Å². The minimum absolute atomic E-state index is 0. The standard InChI is InChI=1S/C15H26N4S.HI/c1-16-15(18-13-6-4-5-7-13)17-10-14(19(2)3)12-8-9-20-11-12;/h8-9,11,13-14H,4-7,10H2,1-3H3,(H2,16,17,18);1H. The van der Waals surface area contributed by atoms with E-state index in [2.05, 4.69) is 51.4 Å². The minimum Gasteiger partial charge on any atom is -0.354 e. The molecule has 1 saturated carbocycles. The molecule has 0 bridgehead atoms. The number of halogens is 1. The lowest BCUT2D eigenvalue weighted by Gasteiger charge is -2.25. The Labute approximate surface area is 149 Å². The maximum atomic E-state index is 4.34. The summed E-state index contributed by atoms with van der Waals surface area (Å²) in [5, 5.41) is 11.4. The maximum Gasteiger partial charge on any atom is 0.191 e. The summed E-state index contributed by atoms with van der Waals surface area (Å²) < 4.78 is 0. The predicted octanol–water partition coefficient (Wildman–Crippen LogP) is 3.08. The number of hydrogen-bond acceptors (Lipinski definition) is 3. The van der Waals surface area contributed by atoms with Crippen molar-refractivity contribution in [2.24, 2.45) is 4.99 Å². The van der Waals surface area contributed by atoms with E-state index in [1.165, 1.54) is 31.2 Å². The van der Waals surface area contributed by atoms with Gasteiger partial charge in [-0.3, -0.25) is 4.99 Å². The van der Waals surface area contributed by atoms with Crippen molar-refractivity contribution in [2.45, 2.75) is 37.8 Å². The zero-order chi connectivity index (χ0) is 14.4. The summed E-state index contributed by atoms with van der Waals surface area (Å²) in [7, 11) is 6.09. The average Bonchev–Trinajstić information content (AvgIpc) is 3.10. The van der Waals surface area contributed by atoms with Crippen molar-refractivity contribution >= 4 is 41.3 Å². The Morgan fingerprint density at radius 2 is 2.14 bits per heavy atom. The molecular formula is C15H27IN4S. The van der Waals surface area contributed by atoms with E-state index in [4.69, 9.17) is 0 Å². The normalized spacial score (nSPS) is 17.6. The maximum absolute atomic E-state index is 4.34. The number of nitrogens with one attached hydrogen (secondary N) is 2. The van der Waals surface area contributed by atoms with E-state index in [9.17, 15) is 0 Å². The quantitative estimate of drug-likeness (QED) is 0.435.